The number of thioether (sulfide) groups is 1. The number of halogens is 3. The van der Waals surface area contributed by atoms with Gasteiger partial charge in [-0.05, 0) is 55.0 Å². The lowest BCUT2D eigenvalue weighted by Gasteiger charge is -2.07. The molecule has 2 aromatic rings. The zero-order valence-electron chi connectivity index (χ0n) is 16.0. The van der Waals surface area contributed by atoms with E-state index in [1.165, 1.54) is 24.3 Å². The summed E-state index contributed by atoms with van der Waals surface area (Å²) in [6.45, 7) is 1.62. The van der Waals surface area contributed by atoms with Crippen LogP contribution in [0.25, 0.3) is 6.08 Å². The van der Waals surface area contributed by atoms with Crippen LogP contribution >= 0.6 is 11.8 Å². The van der Waals surface area contributed by atoms with Crippen LogP contribution in [0, 0.1) is 0 Å². The third kappa shape index (κ3) is 5.02. The van der Waals surface area contributed by atoms with Gasteiger partial charge in [0.05, 0.1) is 22.8 Å². The molecule has 6 nitrogen and oxygen atoms in total. The van der Waals surface area contributed by atoms with Gasteiger partial charge in [-0.15, -0.1) is 0 Å². The molecular weight excluding hydrogens is 435 g/mol. The number of carbonyl (C=O) groups excluding carboxylic acids is 1. The number of aliphatic hydroxyl groups excluding tert-OH is 1. The number of nitrogens with zero attached hydrogens (tertiary/aromatic N) is 1. The molecule has 31 heavy (non-hydrogen) atoms. The second kappa shape index (κ2) is 8.76. The Hall–Kier alpha value is -3.40. The zero-order chi connectivity index (χ0) is 22.8. The average molecular weight is 451 g/mol. The van der Waals surface area contributed by atoms with Gasteiger partial charge in [0, 0.05) is 0 Å². The van der Waals surface area contributed by atoms with Gasteiger partial charge in [-0.25, -0.2) is 9.79 Å². The van der Waals surface area contributed by atoms with Crippen molar-refractivity contribution in [3.63, 3.8) is 0 Å². The smallest absolute Gasteiger partial charge is 0.416 e. The van der Waals surface area contributed by atoms with Crippen molar-refractivity contribution in [2.45, 2.75) is 13.1 Å². The Morgan fingerprint density at radius 3 is 2.35 bits per heavy atom. The molecule has 1 aliphatic heterocycles. The molecule has 0 fully saturated rings. The summed E-state index contributed by atoms with van der Waals surface area (Å²) in [5.74, 6) is -1.94. The van der Waals surface area contributed by atoms with Crippen molar-refractivity contribution in [1.29, 1.82) is 0 Å². The van der Waals surface area contributed by atoms with Crippen molar-refractivity contribution in [2.24, 2.45) is 4.99 Å². The summed E-state index contributed by atoms with van der Waals surface area (Å²) in [6, 6.07) is 8.01. The van der Waals surface area contributed by atoms with E-state index in [4.69, 9.17) is 4.74 Å². The molecule has 1 aliphatic rings. The van der Waals surface area contributed by atoms with E-state index >= 15 is 0 Å². The van der Waals surface area contributed by atoms with Gasteiger partial charge in [-0.3, -0.25) is 0 Å². The van der Waals surface area contributed by atoms with Crippen LogP contribution in [0.2, 0.25) is 0 Å². The minimum Gasteiger partial charge on any atom is -0.506 e. The van der Waals surface area contributed by atoms with Crippen molar-refractivity contribution in [3.8, 4) is 11.5 Å². The van der Waals surface area contributed by atoms with Crippen molar-refractivity contribution < 1.29 is 38.0 Å². The highest BCUT2D eigenvalue weighted by atomic mass is 32.2. The van der Waals surface area contributed by atoms with Crippen LogP contribution in [0.3, 0.4) is 0 Å². The minimum atomic E-state index is -4.49. The minimum absolute atomic E-state index is 0.0404. The first-order valence-electron chi connectivity index (χ1n) is 8.88. The molecule has 0 saturated heterocycles. The number of hydrogen-bond acceptors (Lipinski definition) is 7. The predicted octanol–water partition coefficient (Wildman–Crippen LogP) is 5.31. The van der Waals surface area contributed by atoms with Gasteiger partial charge in [0.25, 0.3) is 0 Å². The lowest BCUT2D eigenvalue weighted by molar-refractivity contribution is -0.138. The maximum absolute atomic E-state index is 12.8. The molecular formula is C21H16F3NO5S. The molecule has 0 bridgehead atoms. The highest BCUT2D eigenvalue weighted by Crippen LogP contribution is 2.41. The number of hydrogen-bond donors (Lipinski definition) is 3. The summed E-state index contributed by atoms with van der Waals surface area (Å²) in [5.41, 5.74) is -0.495. The molecule has 0 aromatic heterocycles. The molecule has 1 heterocycles. The molecule has 3 N–H and O–H groups in total. The van der Waals surface area contributed by atoms with Crippen LogP contribution in [0.5, 0.6) is 11.5 Å². The summed E-state index contributed by atoms with van der Waals surface area (Å²) < 4.78 is 43.2. The molecule has 162 valence electrons. The summed E-state index contributed by atoms with van der Waals surface area (Å²) in [6.07, 6.45) is -3.04. The monoisotopic (exact) mass is 451 g/mol. The van der Waals surface area contributed by atoms with Crippen molar-refractivity contribution in [3.05, 3.63) is 69.8 Å². The number of phenolic OH excluding ortho intramolecular Hbond substituents is 2. The van der Waals surface area contributed by atoms with Gasteiger partial charge in [0.15, 0.2) is 11.5 Å². The Bertz CT molecular complexity index is 1100. The molecule has 10 heteroatoms. The standard InChI is InChI=1S/C21H16F3NO5S/c1-2-30-20(29)17-18(28)16(10-11-3-8-14(26)15(27)9-11)31-19(17)25-13-6-4-12(5-7-13)21(22,23)24/h3-10,26-28H,2H2,1H3/b16-10+,25-19?. The van der Waals surface area contributed by atoms with E-state index in [-0.39, 0.29) is 39.3 Å². The van der Waals surface area contributed by atoms with Gasteiger partial charge in [0.1, 0.15) is 16.4 Å². The van der Waals surface area contributed by atoms with E-state index in [2.05, 4.69) is 4.99 Å². The van der Waals surface area contributed by atoms with Crippen LogP contribution in [0.15, 0.2) is 63.7 Å². The summed E-state index contributed by atoms with van der Waals surface area (Å²) in [4.78, 5) is 16.8. The maximum atomic E-state index is 12.8. The second-order valence-corrected chi connectivity index (χ2v) is 7.30. The van der Waals surface area contributed by atoms with Gasteiger partial charge < -0.3 is 20.1 Å². The second-order valence-electron chi connectivity index (χ2n) is 6.26. The van der Waals surface area contributed by atoms with E-state index in [9.17, 15) is 33.3 Å². The lowest BCUT2D eigenvalue weighted by Crippen LogP contribution is -2.12. The number of aliphatic imine (C=N–C) groups is 1. The third-order valence-electron chi connectivity index (χ3n) is 4.09. The summed E-state index contributed by atoms with van der Waals surface area (Å²) in [7, 11) is 0. The van der Waals surface area contributed by atoms with E-state index in [0.717, 1.165) is 36.0 Å². The maximum Gasteiger partial charge on any atom is 0.416 e. The Morgan fingerprint density at radius 2 is 1.77 bits per heavy atom. The number of esters is 1. The molecule has 2 aromatic carbocycles. The number of ether oxygens (including phenoxy) is 1. The number of carbonyl (C=O) groups is 1. The fraction of sp³-hybridized carbons (Fsp3) is 0.143. The Kier molecular flexibility index (Phi) is 6.30. The first kappa shape index (κ1) is 22.3. The number of benzene rings is 2. The molecule has 3 rings (SSSR count). The number of phenols is 2. The fourth-order valence-electron chi connectivity index (χ4n) is 2.62. The highest BCUT2D eigenvalue weighted by molar-refractivity contribution is 8.18. The van der Waals surface area contributed by atoms with E-state index < -0.39 is 23.5 Å². The van der Waals surface area contributed by atoms with Gasteiger partial charge in [0.2, 0.25) is 0 Å². The van der Waals surface area contributed by atoms with Crippen LogP contribution in [0.1, 0.15) is 18.1 Å². The van der Waals surface area contributed by atoms with E-state index in [1.807, 2.05) is 0 Å². The Balaban J connectivity index is 2.01. The Labute approximate surface area is 179 Å². The predicted molar refractivity (Wildman–Crippen MR) is 110 cm³/mol. The van der Waals surface area contributed by atoms with Crippen molar-refractivity contribution >= 4 is 34.5 Å². The third-order valence-corrected chi connectivity index (χ3v) is 5.11. The molecule has 0 saturated carbocycles. The quantitative estimate of drug-likeness (QED) is 0.430. The molecule has 0 amide bonds. The lowest BCUT2D eigenvalue weighted by atomic mass is 10.1. The number of alkyl halides is 3. The zero-order valence-corrected chi connectivity index (χ0v) is 16.8. The summed E-state index contributed by atoms with van der Waals surface area (Å²) >= 11 is 0.910. The molecule has 0 spiro atoms. The van der Waals surface area contributed by atoms with Crippen LogP contribution in [-0.2, 0) is 15.7 Å². The largest absolute Gasteiger partial charge is 0.506 e. The van der Waals surface area contributed by atoms with Crippen LogP contribution < -0.4 is 0 Å². The van der Waals surface area contributed by atoms with Crippen LogP contribution in [-0.4, -0.2) is 32.9 Å². The topological polar surface area (TPSA) is 99.4 Å². The number of aromatic hydroxyl groups is 2. The van der Waals surface area contributed by atoms with Crippen LogP contribution in [0.4, 0.5) is 18.9 Å². The van der Waals surface area contributed by atoms with E-state index in [1.54, 1.807) is 6.92 Å². The summed E-state index contributed by atoms with van der Waals surface area (Å²) in [5, 5.41) is 29.7. The SMILES string of the molecule is CCOC(=O)C1=C(O)/C(=C\c2ccc(O)c(O)c2)SC1=Nc1ccc(C(F)(F)F)cc1. The van der Waals surface area contributed by atoms with Gasteiger partial charge in [-0.1, -0.05) is 17.8 Å². The first-order chi connectivity index (χ1) is 14.6. The molecule has 0 radical (unpaired) electrons. The molecule has 0 aliphatic carbocycles. The molecule has 0 atom stereocenters. The van der Waals surface area contributed by atoms with Crippen molar-refractivity contribution in [2.75, 3.05) is 6.61 Å². The normalized spacial score (nSPS) is 16.9. The van der Waals surface area contributed by atoms with Gasteiger partial charge in [-0.2, -0.15) is 13.2 Å². The number of rotatable bonds is 4. The number of aliphatic hydroxyl groups is 1. The van der Waals surface area contributed by atoms with E-state index in [0.29, 0.717) is 5.56 Å². The fourth-order valence-corrected chi connectivity index (χ4v) is 3.65. The molecule has 0 unspecified atom stereocenters. The Morgan fingerprint density at radius 1 is 1.10 bits per heavy atom. The first-order valence-corrected chi connectivity index (χ1v) is 9.70. The van der Waals surface area contributed by atoms with Gasteiger partial charge >= 0.3 is 12.1 Å². The average Bonchev–Trinajstić information content (AvgIpc) is 2.99. The highest BCUT2D eigenvalue weighted by Gasteiger charge is 2.34. The van der Waals surface area contributed by atoms with Crippen molar-refractivity contribution in [1.82, 2.24) is 0 Å².